The van der Waals surface area contributed by atoms with Crippen molar-refractivity contribution in [2.24, 2.45) is 0 Å². The van der Waals surface area contributed by atoms with Gasteiger partial charge < -0.3 is 10.2 Å². The lowest BCUT2D eigenvalue weighted by atomic mass is 9.87. The van der Waals surface area contributed by atoms with Crippen LogP contribution in [0.3, 0.4) is 0 Å². The van der Waals surface area contributed by atoms with E-state index < -0.39 is 6.04 Å². The fourth-order valence-corrected chi connectivity index (χ4v) is 3.36. The molecular weight excluding hydrogens is 319 g/mol. The van der Waals surface area contributed by atoms with Crippen LogP contribution < -0.4 is 5.32 Å². The summed E-state index contributed by atoms with van der Waals surface area (Å²) >= 11 is 0. The Balaban J connectivity index is 1.93. The van der Waals surface area contributed by atoms with Crippen LogP contribution in [0.15, 0.2) is 48.5 Å². The van der Waals surface area contributed by atoms with E-state index in [0.717, 1.165) is 17.5 Å². The van der Waals surface area contributed by atoms with Gasteiger partial charge in [0.05, 0.1) is 6.04 Å². The van der Waals surface area contributed by atoms with E-state index in [9.17, 15) is 14.0 Å². The first-order valence-electron chi connectivity index (χ1n) is 8.44. The van der Waals surface area contributed by atoms with E-state index in [0.29, 0.717) is 12.1 Å². The Bertz CT molecular complexity index is 791. The number of nitrogens with zero attached hydrogens (tertiary/aromatic N) is 1. The number of rotatable bonds is 4. The van der Waals surface area contributed by atoms with E-state index in [1.807, 2.05) is 24.3 Å². The molecule has 0 saturated heterocycles. The van der Waals surface area contributed by atoms with Crippen molar-refractivity contribution in [2.75, 3.05) is 13.1 Å². The highest BCUT2D eigenvalue weighted by atomic mass is 19.1. The summed E-state index contributed by atoms with van der Waals surface area (Å²) in [7, 11) is 0. The van der Waals surface area contributed by atoms with E-state index in [4.69, 9.17) is 0 Å². The minimum atomic E-state index is -0.434. The zero-order valence-electron chi connectivity index (χ0n) is 14.2. The summed E-state index contributed by atoms with van der Waals surface area (Å²) < 4.78 is 14.5. The molecule has 3 rings (SSSR count). The zero-order valence-corrected chi connectivity index (χ0v) is 14.2. The monoisotopic (exact) mass is 340 g/mol. The average Bonchev–Trinajstić information content (AvgIpc) is 2.61. The van der Waals surface area contributed by atoms with Gasteiger partial charge in [-0.1, -0.05) is 42.5 Å². The Morgan fingerprint density at radius 1 is 1.12 bits per heavy atom. The standard InChI is InChI=1S/C20H21FN2O2/c1-14(24)22-12-10-19(25)23-13-11-15-6-2-3-7-16(15)20(23)17-8-4-5-9-18(17)21/h2-9,20H,10-13H2,1H3,(H,22,24). The van der Waals surface area contributed by atoms with Crippen LogP contribution in [-0.2, 0) is 16.0 Å². The van der Waals surface area contributed by atoms with Crippen LogP contribution in [0.25, 0.3) is 0 Å². The minimum absolute atomic E-state index is 0.0866. The Morgan fingerprint density at radius 3 is 2.52 bits per heavy atom. The number of halogens is 1. The third-order valence-corrected chi connectivity index (χ3v) is 4.52. The van der Waals surface area contributed by atoms with Gasteiger partial charge in [-0.15, -0.1) is 0 Å². The molecule has 1 aliphatic heterocycles. The van der Waals surface area contributed by atoms with Gasteiger partial charge in [-0.2, -0.15) is 0 Å². The molecule has 0 aromatic heterocycles. The lowest BCUT2D eigenvalue weighted by Gasteiger charge is -2.38. The molecule has 0 spiro atoms. The number of nitrogens with one attached hydrogen (secondary N) is 1. The number of hydrogen-bond acceptors (Lipinski definition) is 2. The number of carbonyl (C=O) groups excluding carboxylic acids is 2. The molecule has 2 amide bonds. The third kappa shape index (κ3) is 3.71. The first-order valence-corrected chi connectivity index (χ1v) is 8.44. The Labute approximate surface area is 146 Å². The van der Waals surface area contributed by atoms with Gasteiger partial charge in [0.2, 0.25) is 11.8 Å². The largest absolute Gasteiger partial charge is 0.356 e. The molecule has 0 fully saturated rings. The molecule has 2 aromatic rings. The molecule has 2 aromatic carbocycles. The molecule has 0 saturated carbocycles. The van der Waals surface area contributed by atoms with E-state index >= 15 is 0 Å². The highest BCUT2D eigenvalue weighted by Gasteiger charge is 2.32. The van der Waals surface area contributed by atoms with Crippen LogP contribution in [0.2, 0.25) is 0 Å². The van der Waals surface area contributed by atoms with Crippen molar-refractivity contribution in [3.05, 3.63) is 71.0 Å². The molecule has 130 valence electrons. The van der Waals surface area contributed by atoms with Crippen LogP contribution in [0.5, 0.6) is 0 Å². The highest BCUT2D eigenvalue weighted by Crippen LogP contribution is 2.36. The quantitative estimate of drug-likeness (QED) is 0.930. The maximum absolute atomic E-state index is 14.5. The van der Waals surface area contributed by atoms with Gasteiger partial charge in [0.25, 0.3) is 0 Å². The Morgan fingerprint density at radius 2 is 1.80 bits per heavy atom. The van der Waals surface area contributed by atoms with Gasteiger partial charge in [0, 0.05) is 32.0 Å². The minimum Gasteiger partial charge on any atom is -0.356 e. The number of hydrogen-bond donors (Lipinski definition) is 1. The summed E-state index contributed by atoms with van der Waals surface area (Å²) in [6.45, 7) is 2.25. The maximum atomic E-state index is 14.5. The molecule has 0 aliphatic carbocycles. The van der Waals surface area contributed by atoms with Gasteiger partial charge >= 0.3 is 0 Å². The zero-order chi connectivity index (χ0) is 17.8. The summed E-state index contributed by atoms with van der Waals surface area (Å²) in [6, 6.07) is 14.0. The molecule has 1 unspecified atom stereocenters. The Kier molecular flexibility index (Phi) is 5.12. The van der Waals surface area contributed by atoms with Gasteiger partial charge in [0.1, 0.15) is 5.82 Å². The van der Waals surface area contributed by atoms with E-state index in [1.165, 1.54) is 13.0 Å². The van der Waals surface area contributed by atoms with Crippen molar-refractivity contribution in [2.45, 2.75) is 25.8 Å². The summed E-state index contributed by atoms with van der Waals surface area (Å²) in [4.78, 5) is 25.5. The van der Waals surface area contributed by atoms with Crippen LogP contribution in [0.1, 0.15) is 36.1 Å². The molecule has 4 nitrogen and oxygen atoms in total. The molecule has 5 heteroatoms. The molecule has 1 aliphatic rings. The third-order valence-electron chi connectivity index (χ3n) is 4.52. The average molecular weight is 340 g/mol. The predicted molar refractivity (Wildman–Crippen MR) is 93.4 cm³/mol. The number of amides is 2. The second-order valence-electron chi connectivity index (χ2n) is 6.19. The SMILES string of the molecule is CC(=O)NCCC(=O)N1CCc2ccccc2C1c1ccccc1F. The van der Waals surface area contributed by atoms with Gasteiger partial charge in [0.15, 0.2) is 0 Å². The van der Waals surface area contributed by atoms with Crippen molar-refractivity contribution in [3.8, 4) is 0 Å². The van der Waals surface area contributed by atoms with Gasteiger partial charge in [-0.05, 0) is 23.6 Å². The predicted octanol–water partition coefficient (Wildman–Crippen LogP) is 2.83. The lowest BCUT2D eigenvalue weighted by Crippen LogP contribution is -2.42. The van der Waals surface area contributed by atoms with Crippen molar-refractivity contribution in [1.29, 1.82) is 0 Å². The molecule has 0 bridgehead atoms. The molecule has 25 heavy (non-hydrogen) atoms. The van der Waals surface area contributed by atoms with E-state index in [1.54, 1.807) is 23.1 Å². The first-order chi connectivity index (χ1) is 12.1. The summed E-state index contributed by atoms with van der Waals surface area (Å²) in [5.74, 6) is -0.567. The maximum Gasteiger partial charge on any atom is 0.225 e. The summed E-state index contributed by atoms with van der Waals surface area (Å²) in [6.07, 6.45) is 0.944. The van der Waals surface area contributed by atoms with Gasteiger partial charge in [-0.25, -0.2) is 4.39 Å². The van der Waals surface area contributed by atoms with Crippen LogP contribution in [-0.4, -0.2) is 29.8 Å². The van der Waals surface area contributed by atoms with E-state index in [-0.39, 0.29) is 30.6 Å². The number of benzene rings is 2. The fraction of sp³-hybridized carbons (Fsp3) is 0.300. The molecule has 0 radical (unpaired) electrons. The molecule has 1 atom stereocenters. The van der Waals surface area contributed by atoms with E-state index in [2.05, 4.69) is 5.32 Å². The van der Waals surface area contributed by atoms with Crippen LogP contribution in [0, 0.1) is 5.82 Å². The lowest BCUT2D eigenvalue weighted by molar-refractivity contribution is -0.133. The normalized spacial score (nSPS) is 16.2. The van der Waals surface area contributed by atoms with Crippen LogP contribution in [0.4, 0.5) is 4.39 Å². The van der Waals surface area contributed by atoms with Crippen molar-refractivity contribution in [3.63, 3.8) is 0 Å². The molecule has 1 N–H and O–H groups in total. The fourth-order valence-electron chi connectivity index (χ4n) is 3.36. The first kappa shape index (κ1) is 17.1. The summed E-state index contributed by atoms with van der Waals surface area (Å²) in [5.41, 5.74) is 2.61. The molecule has 1 heterocycles. The number of fused-ring (bicyclic) bond motifs is 1. The summed E-state index contributed by atoms with van der Waals surface area (Å²) in [5, 5.41) is 2.64. The second kappa shape index (κ2) is 7.47. The van der Waals surface area contributed by atoms with Crippen molar-refractivity contribution < 1.29 is 14.0 Å². The van der Waals surface area contributed by atoms with Gasteiger partial charge in [-0.3, -0.25) is 9.59 Å². The number of carbonyl (C=O) groups is 2. The van der Waals surface area contributed by atoms with Crippen LogP contribution >= 0.6 is 0 Å². The Hall–Kier alpha value is -2.69. The van der Waals surface area contributed by atoms with Crippen molar-refractivity contribution >= 4 is 11.8 Å². The smallest absolute Gasteiger partial charge is 0.225 e. The second-order valence-corrected chi connectivity index (χ2v) is 6.19. The van der Waals surface area contributed by atoms with Crippen molar-refractivity contribution in [1.82, 2.24) is 10.2 Å². The molecular formula is C20H21FN2O2. The topological polar surface area (TPSA) is 49.4 Å². The highest BCUT2D eigenvalue weighted by molar-refractivity contribution is 5.79.